The van der Waals surface area contributed by atoms with Gasteiger partial charge in [-0.1, -0.05) is 56.9 Å². The molecule has 2 aromatic rings. The van der Waals surface area contributed by atoms with Gasteiger partial charge >= 0.3 is 0 Å². The summed E-state index contributed by atoms with van der Waals surface area (Å²) in [6.07, 6.45) is 10.5. The van der Waals surface area contributed by atoms with Gasteiger partial charge in [0, 0.05) is 12.0 Å². The molecule has 4 heteroatoms. The monoisotopic (exact) mass is 363 g/mol. The maximum absolute atomic E-state index is 12.6. The molecule has 0 spiro atoms. The summed E-state index contributed by atoms with van der Waals surface area (Å²) in [5, 5.41) is 3.10. The van der Waals surface area contributed by atoms with E-state index in [2.05, 4.69) is 36.5 Å². The molecular formula is C23H29N3O. The molecular weight excluding hydrogens is 334 g/mol. The van der Waals surface area contributed by atoms with E-state index in [-0.39, 0.29) is 5.91 Å². The summed E-state index contributed by atoms with van der Waals surface area (Å²) in [5.74, 6) is 1.33. The number of rotatable bonds is 5. The molecule has 0 unspecified atom stereocenters. The smallest absolute Gasteiger partial charge is 0.225 e. The lowest BCUT2D eigenvalue weighted by atomic mass is 9.87. The highest BCUT2D eigenvalue weighted by molar-refractivity contribution is 5.90. The molecule has 1 saturated carbocycles. The number of nitrogens with zero attached hydrogens (tertiary/aromatic N) is 2. The van der Waals surface area contributed by atoms with Gasteiger partial charge in [-0.25, -0.2) is 9.97 Å². The van der Waals surface area contributed by atoms with Crippen molar-refractivity contribution < 1.29 is 4.79 Å². The van der Waals surface area contributed by atoms with Crippen LogP contribution >= 0.6 is 0 Å². The zero-order valence-electron chi connectivity index (χ0n) is 16.3. The van der Waals surface area contributed by atoms with Crippen LogP contribution in [0.2, 0.25) is 0 Å². The lowest BCUT2D eigenvalue weighted by Gasteiger charge is -2.22. The Morgan fingerprint density at radius 1 is 1.11 bits per heavy atom. The van der Waals surface area contributed by atoms with Crippen LogP contribution in [0.15, 0.2) is 24.3 Å². The van der Waals surface area contributed by atoms with E-state index in [9.17, 15) is 4.79 Å². The van der Waals surface area contributed by atoms with Gasteiger partial charge in [0.05, 0.1) is 17.1 Å². The third-order valence-corrected chi connectivity index (χ3v) is 5.89. The Morgan fingerprint density at radius 3 is 2.74 bits per heavy atom. The van der Waals surface area contributed by atoms with E-state index in [1.807, 2.05) is 0 Å². The lowest BCUT2D eigenvalue weighted by Crippen LogP contribution is -2.21. The van der Waals surface area contributed by atoms with Crippen molar-refractivity contribution in [2.75, 3.05) is 5.32 Å². The Balaban J connectivity index is 1.58. The van der Waals surface area contributed by atoms with Gasteiger partial charge in [0.2, 0.25) is 5.91 Å². The van der Waals surface area contributed by atoms with Gasteiger partial charge in [-0.15, -0.1) is 0 Å². The molecule has 4 rings (SSSR count). The molecule has 0 saturated heterocycles. The second-order valence-corrected chi connectivity index (χ2v) is 7.98. The van der Waals surface area contributed by atoms with Crippen LogP contribution in [0.25, 0.3) is 11.3 Å². The summed E-state index contributed by atoms with van der Waals surface area (Å²) in [6.45, 7) is 2.14. The highest BCUT2D eigenvalue weighted by Crippen LogP contribution is 2.33. The van der Waals surface area contributed by atoms with E-state index in [4.69, 9.17) is 9.97 Å². The van der Waals surface area contributed by atoms with Crippen LogP contribution in [0.1, 0.15) is 68.8 Å². The highest BCUT2D eigenvalue weighted by Gasteiger charge is 2.23. The van der Waals surface area contributed by atoms with Crippen LogP contribution in [0.3, 0.4) is 0 Å². The number of carbonyl (C=O) groups excluding carboxylic acids is 1. The molecule has 0 radical (unpaired) electrons. The summed E-state index contributed by atoms with van der Waals surface area (Å²) in [6, 6.07) is 8.47. The fourth-order valence-corrected chi connectivity index (χ4v) is 4.46. The van der Waals surface area contributed by atoms with E-state index in [1.165, 1.54) is 43.2 Å². The minimum Gasteiger partial charge on any atom is -0.309 e. The molecule has 142 valence electrons. The third kappa shape index (κ3) is 4.05. The van der Waals surface area contributed by atoms with Gasteiger partial charge in [0.15, 0.2) is 5.82 Å². The summed E-state index contributed by atoms with van der Waals surface area (Å²) >= 11 is 0. The van der Waals surface area contributed by atoms with Gasteiger partial charge in [-0.3, -0.25) is 4.79 Å². The largest absolute Gasteiger partial charge is 0.309 e. The Bertz CT molecular complexity index is 824. The predicted octanol–water partition coefficient (Wildman–Crippen LogP) is 5.10. The number of anilines is 1. The van der Waals surface area contributed by atoms with Gasteiger partial charge in [0.25, 0.3) is 0 Å². The number of amides is 1. The Hall–Kier alpha value is -2.23. The highest BCUT2D eigenvalue weighted by atomic mass is 16.1. The number of hydrogen-bond donors (Lipinski definition) is 1. The molecule has 0 atom stereocenters. The van der Waals surface area contributed by atoms with E-state index in [0.717, 1.165) is 42.8 Å². The number of fused-ring (bicyclic) bond motifs is 3. The van der Waals surface area contributed by atoms with Gasteiger partial charge in [-0.05, 0) is 43.6 Å². The first-order valence-corrected chi connectivity index (χ1v) is 10.5. The van der Waals surface area contributed by atoms with Crippen molar-refractivity contribution in [1.29, 1.82) is 0 Å². The normalized spacial score (nSPS) is 16.5. The van der Waals surface area contributed by atoms with Crippen LogP contribution in [0, 0.1) is 5.92 Å². The molecule has 1 heterocycles. The first kappa shape index (κ1) is 18.1. The van der Waals surface area contributed by atoms with Crippen LogP contribution in [-0.4, -0.2) is 15.9 Å². The number of carbonyl (C=O) groups is 1. The standard InChI is InChI=1S/C23H29N3O/c1-2-8-20-23(26-21(27)15-16-9-4-3-5-10-16)25-19-14-13-17-11-6-7-12-18(17)22(19)24-20/h6-7,11-12,16H,2-5,8-10,13-15H2,1H3,(H,25,26,27). The summed E-state index contributed by atoms with van der Waals surface area (Å²) in [7, 11) is 0. The average Bonchev–Trinajstić information content (AvgIpc) is 2.69. The van der Waals surface area contributed by atoms with Crippen molar-refractivity contribution in [3.8, 4) is 11.3 Å². The van der Waals surface area contributed by atoms with E-state index in [0.29, 0.717) is 18.2 Å². The van der Waals surface area contributed by atoms with E-state index in [1.54, 1.807) is 0 Å². The lowest BCUT2D eigenvalue weighted by molar-refractivity contribution is -0.117. The molecule has 1 aromatic carbocycles. The molecule has 1 fully saturated rings. The third-order valence-electron chi connectivity index (χ3n) is 5.89. The number of hydrogen-bond acceptors (Lipinski definition) is 3. The minimum absolute atomic E-state index is 0.102. The molecule has 1 aromatic heterocycles. The molecule has 27 heavy (non-hydrogen) atoms. The van der Waals surface area contributed by atoms with Crippen molar-refractivity contribution in [3.05, 3.63) is 41.2 Å². The zero-order chi connectivity index (χ0) is 18.6. The Labute approximate surface area is 161 Å². The number of nitrogens with one attached hydrogen (secondary N) is 1. The first-order chi connectivity index (χ1) is 13.2. The summed E-state index contributed by atoms with van der Waals surface area (Å²) in [4.78, 5) is 22.5. The topological polar surface area (TPSA) is 54.9 Å². The van der Waals surface area contributed by atoms with Crippen molar-refractivity contribution in [2.45, 2.75) is 71.1 Å². The number of benzene rings is 1. The van der Waals surface area contributed by atoms with Crippen LogP contribution in [-0.2, 0) is 24.1 Å². The predicted molar refractivity (Wildman–Crippen MR) is 109 cm³/mol. The minimum atomic E-state index is 0.102. The van der Waals surface area contributed by atoms with E-state index >= 15 is 0 Å². The first-order valence-electron chi connectivity index (χ1n) is 10.5. The number of aromatic nitrogens is 2. The van der Waals surface area contributed by atoms with Crippen molar-refractivity contribution in [2.24, 2.45) is 5.92 Å². The molecule has 2 aliphatic carbocycles. The second-order valence-electron chi connectivity index (χ2n) is 7.98. The van der Waals surface area contributed by atoms with Crippen molar-refractivity contribution in [1.82, 2.24) is 9.97 Å². The SMILES string of the molecule is CCCc1nc2c(nc1NC(=O)CC1CCCCC1)CCc1ccccc1-2. The van der Waals surface area contributed by atoms with Crippen LogP contribution < -0.4 is 5.32 Å². The molecule has 1 N–H and O–H groups in total. The Morgan fingerprint density at radius 2 is 1.93 bits per heavy atom. The van der Waals surface area contributed by atoms with Gasteiger partial charge in [-0.2, -0.15) is 0 Å². The van der Waals surface area contributed by atoms with Gasteiger partial charge < -0.3 is 5.32 Å². The molecule has 4 nitrogen and oxygen atoms in total. The fraction of sp³-hybridized carbons (Fsp3) is 0.522. The van der Waals surface area contributed by atoms with E-state index < -0.39 is 0 Å². The molecule has 0 bridgehead atoms. The van der Waals surface area contributed by atoms with Crippen LogP contribution in [0.4, 0.5) is 5.82 Å². The maximum atomic E-state index is 12.6. The van der Waals surface area contributed by atoms with Crippen molar-refractivity contribution >= 4 is 11.7 Å². The number of aryl methyl sites for hydroxylation is 3. The fourth-order valence-electron chi connectivity index (χ4n) is 4.46. The Kier molecular flexibility index (Phi) is 5.51. The molecule has 0 aliphatic heterocycles. The summed E-state index contributed by atoms with van der Waals surface area (Å²) in [5.41, 5.74) is 5.48. The molecule has 2 aliphatic rings. The summed E-state index contributed by atoms with van der Waals surface area (Å²) < 4.78 is 0. The van der Waals surface area contributed by atoms with Crippen LogP contribution in [0.5, 0.6) is 0 Å². The van der Waals surface area contributed by atoms with Crippen molar-refractivity contribution in [3.63, 3.8) is 0 Å². The van der Waals surface area contributed by atoms with Gasteiger partial charge in [0.1, 0.15) is 0 Å². The second kappa shape index (κ2) is 8.20. The quantitative estimate of drug-likeness (QED) is 0.804. The zero-order valence-corrected chi connectivity index (χ0v) is 16.3. The maximum Gasteiger partial charge on any atom is 0.225 e. The molecule has 1 amide bonds. The average molecular weight is 364 g/mol.